The molecule has 0 atom stereocenters. The maximum absolute atomic E-state index is 11.8. The number of nitrogens with one attached hydrogen (secondary N) is 1. The van der Waals surface area contributed by atoms with Gasteiger partial charge >= 0.3 is 6.09 Å². The quantitative estimate of drug-likeness (QED) is 0.511. The number of carbonyl (C=O) groups excluding carboxylic acids is 1. The van der Waals surface area contributed by atoms with Crippen LogP contribution in [0.3, 0.4) is 0 Å². The molecule has 0 unspecified atom stereocenters. The van der Waals surface area contributed by atoms with E-state index in [0.29, 0.717) is 19.7 Å². The van der Waals surface area contributed by atoms with Crippen LogP contribution in [0.1, 0.15) is 11.4 Å². The van der Waals surface area contributed by atoms with Gasteiger partial charge in [0.1, 0.15) is 0 Å². The zero-order valence-electron chi connectivity index (χ0n) is 11.7. The fraction of sp³-hybridized carbons (Fsp3) is 0.667. The van der Waals surface area contributed by atoms with Gasteiger partial charge in [0, 0.05) is 14.7 Å². The number of imidazole rings is 1. The Labute approximate surface area is 114 Å². The fourth-order valence-electron chi connectivity index (χ4n) is 1.80. The Morgan fingerprint density at radius 3 is 2.95 bits per heavy atom. The number of H-pyrrole nitrogens is 1. The summed E-state index contributed by atoms with van der Waals surface area (Å²) in [4.78, 5) is 20.5. The van der Waals surface area contributed by atoms with Crippen LogP contribution in [0.15, 0.2) is 6.33 Å². The van der Waals surface area contributed by atoms with Crippen molar-refractivity contribution in [1.29, 1.82) is 0 Å². The van der Waals surface area contributed by atoms with E-state index < -0.39 is 8.07 Å². The van der Waals surface area contributed by atoms with Gasteiger partial charge in [0.15, 0.2) is 6.79 Å². The Morgan fingerprint density at radius 1 is 1.47 bits per heavy atom. The van der Waals surface area contributed by atoms with Crippen molar-refractivity contribution >= 4 is 14.2 Å². The molecule has 1 aliphatic rings. The van der Waals surface area contributed by atoms with E-state index in [2.05, 4.69) is 29.6 Å². The van der Waals surface area contributed by atoms with E-state index in [4.69, 9.17) is 9.47 Å². The van der Waals surface area contributed by atoms with Crippen LogP contribution in [0, 0.1) is 0 Å². The van der Waals surface area contributed by atoms with Gasteiger partial charge in [-0.05, 0) is 6.04 Å². The minimum absolute atomic E-state index is 0.0289. The van der Waals surface area contributed by atoms with E-state index in [9.17, 15) is 4.79 Å². The number of ether oxygens (including phenoxy) is 2. The summed E-state index contributed by atoms with van der Waals surface area (Å²) >= 11 is 0. The summed E-state index contributed by atoms with van der Waals surface area (Å²) in [5, 5.41) is 0. The summed E-state index contributed by atoms with van der Waals surface area (Å²) in [7, 11) is -1.08. The van der Waals surface area contributed by atoms with Gasteiger partial charge in [-0.3, -0.25) is 4.90 Å². The van der Waals surface area contributed by atoms with Gasteiger partial charge in [-0.15, -0.1) is 0 Å². The number of nitrogens with zero attached hydrogens (tertiary/aromatic N) is 2. The highest BCUT2D eigenvalue weighted by atomic mass is 28.3. The predicted molar refractivity (Wildman–Crippen MR) is 73.3 cm³/mol. The molecular formula is C12H21N3O3Si. The molecule has 1 N–H and O–H groups in total. The number of aromatic amines is 1. The highest BCUT2D eigenvalue weighted by Crippen LogP contribution is 2.19. The molecule has 7 heteroatoms. The molecular weight excluding hydrogens is 262 g/mol. The molecule has 0 spiro atoms. The minimum Gasteiger partial charge on any atom is -0.422 e. The Hall–Kier alpha value is -1.34. The van der Waals surface area contributed by atoms with Crippen LogP contribution in [-0.2, 0) is 22.6 Å². The Morgan fingerprint density at radius 2 is 2.26 bits per heavy atom. The molecule has 0 radical (unpaired) electrons. The average Bonchev–Trinajstić information content (AvgIpc) is 2.86. The van der Waals surface area contributed by atoms with Crippen LogP contribution < -0.4 is 0 Å². The van der Waals surface area contributed by atoms with E-state index in [0.717, 1.165) is 17.4 Å². The zero-order valence-corrected chi connectivity index (χ0v) is 12.7. The normalized spacial score (nSPS) is 14.6. The van der Waals surface area contributed by atoms with Gasteiger partial charge in [-0.25, -0.2) is 9.78 Å². The third-order valence-corrected chi connectivity index (χ3v) is 4.72. The lowest BCUT2D eigenvalue weighted by molar-refractivity contribution is -0.0238. The first-order chi connectivity index (χ1) is 8.96. The second-order valence-corrected chi connectivity index (χ2v) is 11.6. The average molecular weight is 283 g/mol. The summed E-state index contributed by atoms with van der Waals surface area (Å²) in [6.45, 7) is 8.58. The van der Waals surface area contributed by atoms with E-state index in [1.165, 1.54) is 0 Å². The van der Waals surface area contributed by atoms with E-state index in [1.807, 2.05) is 0 Å². The minimum atomic E-state index is -1.08. The molecule has 2 heterocycles. The van der Waals surface area contributed by atoms with Crippen molar-refractivity contribution in [2.75, 3.05) is 13.4 Å². The third kappa shape index (κ3) is 4.07. The topological polar surface area (TPSA) is 67.5 Å². The number of hydrogen-bond acceptors (Lipinski definition) is 4. The van der Waals surface area contributed by atoms with Crippen molar-refractivity contribution in [2.24, 2.45) is 0 Å². The number of hydrogen-bond donors (Lipinski definition) is 1. The first-order valence-corrected chi connectivity index (χ1v) is 10.2. The van der Waals surface area contributed by atoms with E-state index in [1.54, 1.807) is 11.2 Å². The number of aromatic nitrogens is 2. The predicted octanol–water partition coefficient (Wildman–Crippen LogP) is 2.17. The molecule has 0 saturated heterocycles. The monoisotopic (exact) mass is 283 g/mol. The Kier molecular flexibility index (Phi) is 4.26. The standard InChI is InChI=1S/C12H21N3O3Si/c1-19(2,3)5-4-17-9-18-12(16)15-6-10-11(7-15)14-8-13-10/h8H,4-7,9H2,1-3H3,(H,13,14). The summed E-state index contributed by atoms with van der Waals surface area (Å²) in [6, 6.07) is 1.07. The largest absolute Gasteiger partial charge is 0.422 e. The molecule has 1 aliphatic heterocycles. The number of carbonyl (C=O) groups is 1. The highest BCUT2D eigenvalue weighted by molar-refractivity contribution is 6.76. The van der Waals surface area contributed by atoms with Crippen LogP contribution in [0.5, 0.6) is 0 Å². The molecule has 0 saturated carbocycles. The molecule has 2 rings (SSSR count). The zero-order chi connectivity index (χ0) is 13.9. The number of fused-ring (bicyclic) bond motifs is 1. The van der Waals surface area contributed by atoms with Gasteiger partial charge < -0.3 is 14.5 Å². The summed E-state index contributed by atoms with van der Waals surface area (Å²) in [5.74, 6) is 0. The Balaban J connectivity index is 1.62. The van der Waals surface area contributed by atoms with Crippen LogP contribution >= 0.6 is 0 Å². The lowest BCUT2D eigenvalue weighted by atomic mass is 10.4. The maximum atomic E-state index is 11.8. The second-order valence-electron chi connectivity index (χ2n) is 5.93. The second kappa shape index (κ2) is 5.75. The number of amides is 1. The van der Waals surface area contributed by atoms with Gasteiger partial charge in [0.25, 0.3) is 0 Å². The molecule has 106 valence electrons. The molecule has 1 aromatic rings. The Bertz CT molecular complexity index is 421. The van der Waals surface area contributed by atoms with Gasteiger partial charge in [0.05, 0.1) is 30.8 Å². The van der Waals surface area contributed by atoms with Crippen molar-refractivity contribution in [2.45, 2.75) is 38.8 Å². The smallest absolute Gasteiger partial charge is 0.412 e. The number of rotatable bonds is 5. The SMILES string of the molecule is C[Si](C)(C)CCOCOC(=O)N1Cc2nc[nH]c2C1. The van der Waals surface area contributed by atoms with Crippen molar-refractivity contribution in [1.82, 2.24) is 14.9 Å². The first kappa shape index (κ1) is 14.1. The van der Waals surface area contributed by atoms with Crippen molar-refractivity contribution in [3.63, 3.8) is 0 Å². The first-order valence-electron chi connectivity index (χ1n) is 6.46. The van der Waals surface area contributed by atoms with Gasteiger partial charge in [-0.1, -0.05) is 19.6 Å². The molecule has 19 heavy (non-hydrogen) atoms. The van der Waals surface area contributed by atoms with Crippen LogP contribution in [0.25, 0.3) is 0 Å². The summed E-state index contributed by atoms with van der Waals surface area (Å²) in [6.07, 6.45) is 1.30. The maximum Gasteiger partial charge on any atom is 0.412 e. The lowest BCUT2D eigenvalue weighted by Gasteiger charge is -2.17. The highest BCUT2D eigenvalue weighted by Gasteiger charge is 2.26. The molecule has 0 aromatic carbocycles. The van der Waals surface area contributed by atoms with E-state index >= 15 is 0 Å². The molecule has 1 amide bonds. The van der Waals surface area contributed by atoms with Crippen LogP contribution in [-0.4, -0.2) is 42.4 Å². The molecule has 0 aliphatic carbocycles. The van der Waals surface area contributed by atoms with Gasteiger partial charge in [0.2, 0.25) is 0 Å². The van der Waals surface area contributed by atoms with Crippen LogP contribution in [0.4, 0.5) is 4.79 Å². The third-order valence-electron chi connectivity index (χ3n) is 3.02. The summed E-state index contributed by atoms with van der Waals surface area (Å²) in [5.41, 5.74) is 1.90. The van der Waals surface area contributed by atoms with Crippen LogP contribution in [0.2, 0.25) is 25.7 Å². The molecule has 6 nitrogen and oxygen atoms in total. The fourth-order valence-corrected chi connectivity index (χ4v) is 2.56. The van der Waals surface area contributed by atoms with Crippen molar-refractivity contribution in [3.8, 4) is 0 Å². The lowest BCUT2D eigenvalue weighted by Crippen LogP contribution is -2.28. The van der Waals surface area contributed by atoms with Crippen molar-refractivity contribution < 1.29 is 14.3 Å². The molecule has 1 aromatic heterocycles. The molecule has 0 fully saturated rings. The van der Waals surface area contributed by atoms with Crippen molar-refractivity contribution in [3.05, 3.63) is 17.7 Å². The van der Waals surface area contributed by atoms with E-state index in [-0.39, 0.29) is 12.9 Å². The molecule has 0 bridgehead atoms. The summed E-state index contributed by atoms with van der Waals surface area (Å²) < 4.78 is 10.4. The van der Waals surface area contributed by atoms with Gasteiger partial charge in [-0.2, -0.15) is 0 Å².